The average molecular weight is 338 g/mol. The summed E-state index contributed by atoms with van der Waals surface area (Å²) in [6.45, 7) is 0. The molecular weight excluding hydrogens is 320 g/mol. The molecule has 7 rings (SSSR count). The minimum atomic E-state index is -0.162. The van der Waals surface area contributed by atoms with Crippen LogP contribution in [0.5, 0.6) is 0 Å². The van der Waals surface area contributed by atoms with Gasteiger partial charge in [-0.05, 0) is 40.5 Å². The Labute approximate surface area is 152 Å². The molecule has 0 amide bonds. The molecule has 3 aliphatic carbocycles. The standard InChI is InChI=1S/C24H18O2/c1-3-9-20-17(7-1)23-18-8-2-4-10-21(18)24(20,14-16-6-5-12-25-16)15-22-19(23)11-13-26-22/h1-13,23H,14-15H2. The summed E-state index contributed by atoms with van der Waals surface area (Å²) in [4.78, 5) is 0. The molecule has 0 spiro atoms. The highest BCUT2D eigenvalue weighted by molar-refractivity contribution is 5.64. The summed E-state index contributed by atoms with van der Waals surface area (Å²) in [5.74, 6) is 2.38. The molecule has 0 radical (unpaired) electrons. The molecular formula is C24H18O2. The summed E-state index contributed by atoms with van der Waals surface area (Å²) in [6.07, 6.45) is 5.31. The fourth-order valence-corrected chi connectivity index (χ4v) is 5.20. The normalized spacial score (nSPS) is 22.4. The molecule has 2 aromatic carbocycles. The molecule has 0 atom stereocenters. The Morgan fingerprint density at radius 3 is 2.15 bits per heavy atom. The van der Waals surface area contributed by atoms with Crippen molar-refractivity contribution >= 4 is 0 Å². The SMILES string of the molecule is c1coc(CC23Cc4occc4C(c4ccccc42)c2ccccc23)c1. The van der Waals surface area contributed by atoms with Crippen LogP contribution in [0.15, 0.2) is 88.1 Å². The minimum Gasteiger partial charge on any atom is -0.469 e. The number of rotatable bonds is 2. The lowest BCUT2D eigenvalue weighted by Crippen LogP contribution is -2.36. The summed E-state index contributed by atoms with van der Waals surface area (Å²) in [7, 11) is 0. The van der Waals surface area contributed by atoms with E-state index in [1.165, 1.54) is 27.8 Å². The number of hydrogen-bond donors (Lipinski definition) is 0. The van der Waals surface area contributed by atoms with Gasteiger partial charge in [-0.1, -0.05) is 48.5 Å². The summed E-state index contributed by atoms with van der Waals surface area (Å²) in [5, 5.41) is 0. The van der Waals surface area contributed by atoms with Crippen molar-refractivity contribution in [3.63, 3.8) is 0 Å². The Kier molecular flexibility index (Phi) is 2.74. The van der Waals surface area contributed by atoms with Gasteiger partial charge in [0.15, 0.2) is 0 Å². The monoisotopic (exact) mass is 338 g/mol. The van der Waals surface area contributed by atoms with Crippen LogP contribution in [0.4, 0.5) is 0 Å². The Morgan fingerprint density at radius 2 is 1.46 bits per heavy atom. The molecule has 3 aliphatic rings. The maximum atomic E-state index is 5.99. The van der Waals surface area contributed by atoms with E-state index in [2.05, 4.69) is 60.7 Å². The van der Waals surface area contributed by atoms with Crippen LogP contribution < -0.4 is 0 Å². The molecule has 0 saturated heterocycles. The largest absolute Gasteiger partial charge is 0.469 e. The van der Waals surface area contributed by atoms with Crippen LogP contribution in [0.3, 0.4) is 0 Å². The van der Waals surface area contributed by atoms with Crippen LogP contribution >= 0.6 is 0 Å². The lowest BCUT2D eigenvalue weighted by molar-refractivity contribution is 0.391. The van der Waals surface area contributed by atoms with Crippen molar-refractivity contribution in [2.75, 3.05) is 0 Å². The van der Waals surface area contributed by atoms with E-state index >= 15 is 0 Å². The van der Waals surface area contributed by atoms with Gasteiger partial charge in [-0.15, -0.1) is 0 Å². The molecule has 4 aromatic rings. The third-order valence-corrected chi connectivity index (χ3v) is 6.18. The zero-order valence-corrected chi connectivity index (χ0v) is 14.3. The van der Waals surface area contributed by atoms with Crippen LogP contribution in [0.25, 0.3) is 0 Å². The van der Waals surface area contributed by atoms with Crippen molar-refractivity contribution in [2.45, 2.75) is 24.2 Å². The first-order valence-corrected chi connectivity index (χ1v) is 9.14. The zero-order chi connectivity index (χ0) is 17.1. The van der Waals surface area contributed by atoms with Crippen LogP contribution in [-0.2, 0) is 18.3 Å². The minimum absolute atomic E-state index is 0.162. The van der Waals surface area contributed by atoms with Gasteiger partial charge >= 0.3 is 0 Å². The van der Waals surface area contributed by atoms with E-state index < -0.39 is 0 Å². The van der Waals surface area contributed by atoms with Gasteiger partial charge in [-0.2, -0.15) is 0 Å². The van der Waals surface area contributed by atoms with E-state index in [1.54, 1.807) is 6.26 Å². The number of furan rings is 2. The topological polar surface area (TPSA) is 26.3 Å². The lowest BCUT2D eigenvalue weighted by atomic mass is 9.62. The van der Waals surface area contributed by atoms with Crippen LogP contribution in [0, 0.1) is 0 Å². The molecule has 0 N–H and O–H groups in total. The second kappa shape index (κ2) is 5.01. The summed E-state index contributed by atoms with van der Waals surface area (Å²) < 4.78 is 11.8. The lowest BCUT2D eigenvalue weighted by Gasteiger charge is -2.40. The molecule has 0 aliphatic heterocycles. The highest BCUT2D eigenvalue weighted by atomic mass is 16.3. The van der Waals surface area contributed by atoms with Crippen LogP contribution in [-0.4, -0.2) is 0 Å². The highest BCUT2D eigenvalue weighted by Crippen LogP contribution is 2.55. The first-order chi connectivity index (χ1) is 12.9. The fraction of sp³-hybridized carbons (Fsp3) is 0.167. The van der Waals surface area contributed by atoms with Gasteiger partial charge in [-0.25, -0.2) is 0 Å². The van der Waals surface area contributed by atoms with E-state index in [1.807, 2.05) is 12.3 Å². The summed E-state index contributed by atoms with van der Waals surface area (Å²) >= 11 is 0. The average Bonchev–Trinajstić information content (AvgIpc) is 3.31. The molecule has 2 heteroatoms. The maximum absolute atomic E-state index is 5.99. The summed E-state index contributed by atoms with van der Waals surface area (Å²) in [5.41, 5.74) is 6.77. The van der Waals surface area contributed by atoms with Crippen molar-refractivity contribution in [3.8, 4) is 0 Å². The predicted octanol–water partition coefficient (Wildman–Crippen LogP) is 5.45. The first kappa shape index (κ1) is 14.2. The van der Waals surface area contributed by atoms with Gasteiger partial charge in [0.05, 0.1) is 12.5 Å². The van der Waals surface area contributed by atoms with E-state index in [4.69, 9.17) is 8.83 Å². The van der Waals surface area contributed by atoms with Crippen molar-refractivity contribution in [3.05, 3.63) is 119 Å². The fourth-order valence-electron chi connectivity index (χ4n) is 5.20. The van der Waals surface area contributed by atoms with Crippen molar-refractivity contribution in [1.82, 2.24) is 0 Å². The number of benzene rings is 2. The Balaban J connectivity index is 1.73. The molecule has 2 heterocycles. The maximum Gasteiger partial charge on any atom is 0.109 e. The second-order valence-corrected chi connectivity index (χ2v) is 7.42. The van der Waals surface area contributed by atoms with Gasteiger partial charge in [0.2, 0.25) is 0 Å². The number of hydrogen-bond acceptors (Lipinski definition) is 2. The van der Waals surface area contributed by atoms with E-state index in [9.17, 15) is 0 Å². The van der Waals surface area contributed by atoms with Crippen LogP contribution in [0.1, 0.15) is 45.3 Å². The molecule has 2 aromatic heterocycles. The molecule has 0 unspecified atom stereocenters. The zero-order valence-electron chi connectivity index (χ0n) is 14.3. The van der Waals surface area contributed by atoms with Gasteiger partial charge in [0.25, 0.3) is 0 Å². The first-order valence-electron chi connectivity index (χ1n) is 9.14. The van der Waals surface area contributed by atoms with Crippen molar-refractivity contribution in [2.24, 2.45) is 0 Å². The van der Waals surface area contributed by atoms with Crippen molar-refractivity contribution < 1.29 is 8.83 Å². The Hall–Kier alpha value is -3.00. The smallest absolute Gasteiger partial charge is 0.109 e. The Bertz CT molecular complexity index is 1050. The molecule has 2 nitrogen and oxygen atoms in total. The quantitative estimate of drug-likeness (QED) is 0.486. The van der Waals surface area contributed by atoms with E-state index in [-0.39, 0.29) is 11.3 Å². The molecule has 2 bridgehead atoms. The molecule has 26 heavy (non-hydrogen) atoms. The van der Waals surface area contributed by atoms with Crippen molar-refractivity contribution in [1.29, 1.82) is 0 Å². The predicted molar refractivity (Wildman–Crippen MR) is 99.4 cm³/mol. The molecule has 0 fully saturated rings. The second-order valence-electron chi connectivity index (χ2n) is 7.42. The molecule has 0 saturated carbocycles. The van der Waals surface area contributed by atoms with Gasteiger partial charge in [0, 0.05) is 29.7 Å². The Morgan fingerprint density at radius 1 is 0.731 bits per heavy atom. The van der Waals surface area contributed by atoms with E-state index in [0.717, 1.165) is 24.4 Å². The van der Waals surface area contributed by atoms with E-state index in [0.29, 0.717) is 0 Å². The third kappa shape index (κ3) is 1.71. The highest BCUT2D eigenvalue weighted by Gasteiger charge is 2.49. The van der Waals surface area contributed by atoms with Gasteiger partial charge < -0.3 is 8.83 Å². The van der Waals surface area contributed by atoms with Gasteiger partial charge in [0.1, 0.15) is 11.5 Å². The van der Waals surface area contributed by atoms with Gasteiger partial charge in [-0.3, -0.25) is 0 Å². The molecule has 126 valence electrons. The van der Waals surface area contributed by atoms with Crippen LogP contribution in [0.2, 0.25) is 0 Å². The third-order valence-electron chi connectivity index (χ3n) is 6.18. The summed E-state index contributed by atoms with van der Waals surface area (Å²) in [6, 6.07) is 24.0.